The highest BCUT2D eigenvalue weighted by Gasteiger charge is 2.25. The number of rotatable bonds is 3. The van der Waals surface area contributed by atoms with Gasteiger partial charge in [-0.05, 0) is 37.3 Å². The van der Waals surface area contributed by atoms with Crippen LogP contribution in [0.4, 0.5) is 0 Å². The molecule has 1 aliphatic rings. The lowest BCUT2D eigenvalue weighted by Crippen LogP contribution is -2.40. The number of aromatic nitrogens is 3. The molecular formula is C15H17ClN4O2. The number of H-pyrrole nitrogens is 2. The smallest absolute Gasteiger partial charge is 0.266 e. The van der Waals surface area contributed by atoms with Crippen molar-refractivity contribution in [1.82, 2.24) is 20.1 Å². The number of nitrogens with zero attached hydrogens (tertiary/aromatic N) is 2. The van der Waals surface area contributed by atoms with Gasteiger partial charge in [0, 0.05) is 31.2 Å². The number of nitrogens with one attached hydrogen (secondary N) is 2. The van der Waals surface area contributed by atoms with E-state index in [4.69, 9.17) is 11.6 Å². The van der Waals surface area contributed by atoms with Crippen LogP contribution in [-0.2, 0) is 6.42 Å². The minimum atomic E-state index is -0.381. The minimum absolute atomic E-state index is 0.0388. The molecule has 0 saturated carbocycles. The third kappa shape index (κ3) is 3.22. The van der Waals surface area contributed by atoms with Crippen molar-refractivity contribution < 1.29 is 4.79 Å². The van der Waals surface area contributed by atoms with Crippen molar-refractivity contribution in [3.8, 4) is 0 Å². The van der Waals surface area contributed by atoms with Crippen LogP contribution in [0, 0.1) is 5.92 Å². The molecule has 0 aliphatic carbocycles. The van der Waals surface area contributed by atoms with Gasteiger partial charge in [0.2, 0.25) is 0 Å². The average molecular weight is 321 g/mol. The van der Waals surface area contributed by atoms with Crippen LogP contribution < -0.4 is 5.56 Å². The maximum atomic E-state index is 12.5. The normalized spacial score (nSPS) is 18.4. The van der Waals surface area contributed by atoms with Crippen molar-refractivity contribution in [3.05, 3.63) is 51.2 Å². The van der Waals surface area contributed by atoms with Crippen LogP contribution in [0.2, 0.25) is 5.02 Å². The SMILES string of the molecule is O=C(c1c[nH]c(=O)c(Cl)c1)N1CCCC(Cc2ccn[nH]2)C1. The molecule has 0 bridgehead atoms. The van der Waals surface area contributed by atoms with Crippen molar-refractivity contribution in [3.63, 3.8) is 0 Å². The lowest BCUT2D eigenvalue weighted by Gasteiger charge is -2.32. The average Bonchev–Trinajstić information content (AvgIpc) is 3.02. The first-order valence-electron chi connectivity index (χ1n) is 7.29. The first-order valence-corrected chi connectivity index (χ1v) is 7.67. The van der Waals surface area contributed by atoms with E-state index < -0.39 is 0 Å². The molecule has 3 heterocycles. The Labute approximate surface area is 132 Å². The Bertz CT molecular complexity index is 711. The van der Waals surface area contributed by atoms with E-state index in [1.807, 2.05) is 11.0 Å². The fourth-order valence-electron chi connectivity index (χ4n) is 2.89. The summed E-state index contributed by atoms with van der Waals surface area (Å²) in [5, 5.41) is 6.96. The molecule has 0 aromatic carbocycles. The first kappa shape index (κ1) is 14.8. The van der Waals surface area contributed by atoms with Gasteiger partial charge in [-0.1, -0.05) is 11.6 Å². The zero-order chi connectivity index (χ0) is 15.5. The Morgan fingerprint density at radius 3 is 3.09 bits per heavy atom. The van der Waals surface area contributed by atoms with Gasteiger partial charge in [-0.25, -0.2) is 0 Å². The molecular weight excluding hydrogens is 304 g/mol. The Morgan fingerprint density at radius 1 is 1.50 bits per heavy atom. The molecule has 1 unspecified atom stereocenters. The molecule has 22 heavy (non-hydrogen) atoms. The molecule has 2 aromatic rings. The third-order valence-electron chi connectivity index (χ3n) is 3.98. The number of aromatic amines is 2. The Hall–Kier alpha value is -2.08. The number of hydrogen-bond acceptors (Lipinski definition) is 3. The molecule has 2 aromatic heterocycles. The highest BCUT2D eigenvalue weighted by atomic mass is 35.5. The lowest BCUT2D eigenvalue weighted by atomic mass is 9.93. The maximum absolute atomic E-state index is 12.5. The minimum Gasteiger partial charge on any atom is -0.338 e. The van der Waals surface area contributed by atoms with Crippen LogP contribution in [0.3, 0.4) is 0 Å². The summed E-state index contributed by atoms with van der Waals surface area (Å²) in [6, 6.07) is 3.39. The van der Waals surface area contributed by atoms with E-state index in [-0.39, 0.29) is 16.5 Å². The van der Waals surface area contributed by atoms with E-state index in [9.17, 15) is 9.59 Å². The molecule has 1 saturated heterocycles. The van der Waals surface area contributed by atoms with Gasteiger partial charge in [0.25, 0.3) is 11.5 Å². The van der Waals surface area contributed by atoms with Gasteiger partial charge in [0.1, 0.15) is 5.02 Å². The molecule has 1 aliphatic heterocycles. The van der Waals surface area contributed by atoms with Gasteiger partial charge in [-0.2, -0.15) is 5.10 Å². The van der Waals surface area contributed by atoms with Crippen LogP contribution >= 0.6 is 11.6 Å². The summed E-state index contributed by atoms with van der Waals surface area (Å²) in [7, 11) is 0. The number of hydrogen-bond donors (Lipinski definition) is 2. The van der Waals surface area contributed by atoms with Gasteiger partial charge < -0.3 is 9.88 Å². The highest BCUT2D eigenvalue weighted by molar-refractivity contribution is 6.30. The van der Waals surface area contributed by atoms with Gasteiger partial charge in [0.15, 0.2) is 0 Å². The third-order valence-corrected chi connectivity index (χ3v) is 4.26. The lowest BCUT2D eigenvalue weighted by molar-refractivity contribution is 0.0672. The molecule has 0 spiro atoms. The Balaban J connectivity index is 1.69. The molecule has 3 rings (SSSR count). The quantitative estimate of drug-likeness (QED) is 0.905. The van der Waals surface area contributed by atoms with Crippen molar-refractivity contribution in [2.45, 2.75) is 19.3 Å². The van der Waals surface area contributed by atoms with Gasteiger partial charge in [0.05, 0.1) is 5.56 Å². The number of carbonyl (C=O) groups excluding carboxylic acids is 1. The van der Waals surface area contributed by atoms with E-state index in [2.05, 4.69) is 15.2 Å². The summed E-state index contributed by atoms with van der Waals surface area (Å²) in [5.41, 5.74) is 1.13. The molecule has 7 heteroatoms. The van der Waals surface area contributed by atoms with Crippen molar-refractivity contribution >= 4 is 17.5 Å². The zero-order valence-corrected chi connectivity index (χ0v) is 12.8. The summed E-state index contributed by atoms with van der Waals surface area (Å²) in [4.78, 5) is 28.1. The molecule has 1 atom stereocenters. The Kier molecular flexibility index (Phi) is 4.29. The number of halogens is 1. The number of pyridine rings is 1. The molecule has 116 valence electrons. The second-order valence-corrected chi connectivity index (χ2v) is 6.02. The van der Waals surface area contributed by atoms with E-state index in [1.165, 1.54) is 12.3 Å². The number of likely N-dealkylation sites (tertiary alicyclic amines) is 1. The van der Waals surface area contributed by atoms with Gasteiger partial charge in [-0.3, -0.25) is 14.7 Å². The molecule has 0 radical (unpaired) electrons. The van der Waals surface area contributed by atoms with Crippen LogP contribution in [0.15, 0.2) is 29.3 Å². The second kappa shape index (κ2) is 6.36. The van der Waals surface area contributed by atoms with Crippen LogP contribution in [0.25, 0.3) is 0 Å². The summed E-state index contributed by atoms with van der Waals surface area (Å²) in [6.07, 6.45) is 6.12. The predicted octanol–water partition coefficient (Wildman–Crippen LogP) is 1.85. The van der Waals surface area contributed by atoms with E-state index >= 15 is 0 Å². The monoisotopic (exact) mass is 320 g/mol. The fraction of sp³-hybridized carbons (Fsp3) is 0.400. The van der Waals surface area contributed by atoms with Crippen LogP contribution in [0.1, 0.15) is 28.9 Å². The van der Waals surface area contributed by atoms with Crippen molar-refractivity contribution in [1.29, 1.82) is 0 Å². The summed E-state index contributed by atoms with van der Waals surface area (Å²) >= 11 is 5.79. The summed E-state index contributed by atoms with van der Waals surface area (Å²) in [6.45, 7) is 1.43. The maximum Gasteiger partial charge on any atom is 0.266 e. The van der Waals surface area contributed by atoms with Crippen molar-refractivity contribution in [2.75, 3.05) is 13.1 Å². The number of piperidine rings is 1. The molecule has 1 fully saturated rings. The van der Waals surface area contributed by atoms with E-state index in [0.29, 0.717) is 18.0 Å². The first-order chi connectivity index (χ1) is 10.6. The van der Waals surface area contributed by atoms with Crippen LogP contribution in [0.5, 0.6) is 0 Å². The second-order valence-electron chi connectivity index (χ2n) is 5.61. The van der Waals surface area contributed by atoms with E-state index in [1.54, 1.807) is 6.20 Å². The summed E-state index contributed by atoms with van der Waals surface area (Å²) in [5.74, 6) is 0.323. The predicted molar refractivity (Wildman–Crippen MR) is 83.0 cm³/mol. The zero-order valence-electron chi connectivity index (χ0n) is 12.0. The highest BCUT2D eigenvalue weighted by Crippen LogP contribution is 2.21. The molecule has 1 amide bonds. The number of amides is 1. The van der Waals surface area contributed by atoms with E-state index in [0.717, 1.165) is 31.5 Å². The largest absolute Gasteiger partial charge is 0.338 e. The van der Waals surface area contributed by atoms with Gasteiger partial charge >= 0.3 is 0 Å². The topological polar surface area (TPSA) is 81.8 Å². The summed E-state index contributed by atoms with van der Waals surface area (Å²) < 4.78 is 0. The molecule has 2 N–H and O–H groups in total. The number of carbonyl (C=O) groups is 1. The fourth-order valence-corrected chi connectivity index (χ4v) is 3.06. The molecule has 6 nitrogen and oxygen atoms in total. The standard InChI is InChI=1S/C15H17ClN4O2/c16-13-7-11(8-17-14(13)21)15(22)20-5-1-2-10(9-20)6-12-3-4-18-19-12/h3-4,7-8,10H,1-2,5-6,9H2,(H,17,21)(H,18,19). The Morgan fingerprint density at radius 2 is 2.36 bits per heavy atom. The van der Waals surface area contributed by atoms with Crippen molar-refractivity contribution in [2.24, 2.45) is 5.92 Å². The van der Waals surface area contributed by atoms with Gasteiger partial charge in [-0.15, -0.1) is 0 Å². The van der Waals surface area contributed by atoms with Crippen LogP contribution in [-0.4, -0.2) is 39.1 Å².